The van der Waals surface area contributed by atoms with Crippen molar-refractivity contribution in [2.75, 3.05) is 19.6 Å². The van der Waals surface area contributed by atoms with Gasteiger partial charge < -0.3 is 4.90 Å². The number of hydrogen-bond donors (Lipinski definition) is 0. The first kappa shape index (κ1) is 18.9. The zero-order chi connectivity index (χ0) is 17.7. The predicted molar refractivity (Wildman–Crippen MR) is 96.4 cm³/mol. The van der Waals surface area contributed by atoms with Gasteiger partial charge in [0.05, 0.1) is 6.54 Å². The third kappa shape index (κ3) is 5.30. The minimum Gasteiger partial charge on any atom is -0.337 e. The molecule has 0 N–H and O–H groups in total. The van der Waals surface area contributed by atoms with E-state index in [9.17, 15) is 9.18 Å². The Labute approximate surface area is 145 Å². The van der Waals surface area contributed by atoms with Gasteiger partial charge in [-0.15, -0.1) is 0 Å². The van der Waals surface area contributed by atoms with Crippen molar-refractivity contribution in [1.29, 1.82) is 0 Å². The van der Waals surface area contributed by atoms with Gasteiger partial charge in [-0.2, -0.15) is 0 Å². The third-order valence-electron chi connectivity index (χ3n) is 4.88. The maximum absolute atomic E-state index is 13.3. The molecular formula is C20H31FN2O. The molecule has 1 aliphatic heterocycles. The molecule has 0 unspecified atom stereocenters. The lowest BCUT2D eigenvalue weighted by atomic mass is 9.90. The van der Waals surface area contributed by atoms with Gasteiger partial charge in [-0.1, -0.05) is 12.1 Å². The molecule has 2 rings (SSSR count). The number of rotatable bonds is 6. The Hall–Kier alpha value is -1.42. The summed E-state index contributed by atoms with van der Waals surface area (Å²) in [5.74, 6) is 0.658. The average Bonchev–Trinajstić information content (AvgIpc) is 2.48. The summed E-state index contributed by atoms with van der Waals surface area (Å²) in [6.07, 6.45) is 3.09. The molecule has 1 saturated heterocycles. The molecule has 3 nitrogen and oxygen atoms in total. The third-order valence-corrected chi connectivity index (χ3v) is 4.88. The molecule has 1 aromatic rings. The summed E-state index contributed by atoms with van der Waals surface area (Å²) in [6.45, 7) is 10.7. The van der Waals surface area contributed by atoms with Crippen molar-refractivity contribution in [3.8, 4) is 0 Å². The van der Waals surface area contributed by atoms with Crippen molar-refractivity contribution >= 4 is 5.91 Å². The number of piperidine rings is 1. The van der Waals surface area contributed by atoms with Crippen molar-refractivity contribution in [2.45, 2.75) is 59.0 Å². The van der Waals surface area contributed by atoms with Crippen molar-refractivity contribution in [1.82, 2.24) is 9.80 Å². The molecular weight excluding hydrogens is 303 g/mol. The summed E-state index contributed by atoms with van der Waals surface area (Å²) < 4.78 is 13.3. The van der Waals surface area contributed by atoms with Crippen LogP contribution >= 0.6 is 0 Å². The number of nitrogens with zero attached hydrogens (tertiary/aromatic N) is 2. The minimum absolute atomic E-state index is 0.155. The van der Waals surface area contributed by atoms with E-state index in [1.165, 1.54) is 6.07 Å². The maximum atomic E-state index is 13.3. The summed E-state index contributed by atoms with van der Waals surface area (Å²) in [5.41, 5.74) is 1.08. The minimum atomic E-state index is -0.155. The summed E-state index contributed by atoms with van der Waals surface area (Å²) in [4.78, 5) is 16.8. The highest BCUT2D eigenvalue weighted by Crippen LogP contribution is 2.22. The highest BCUT2D eigenvalue weighted by molar-refractivity contribution is 5.78. The van der Waals surface area contributed by atoms with Crippen molar-refractivity contribution in [2.24, 2.45) is 5.92 Å². The monoisotopic (exact) mass is 334 g/mol. The number of carbonyl (C=O) groups excluding carboxylic acids is 1. The van der Waals surface area contributed by atoms with Gasteiger partial charge in [0, 0.05) is 12.1 Å². The van der Waals surface area contributed by atoms with Gasteiger partial charge in [-0.3, -0.25) is 9.69 Å². The molecule has 0 radical (unpaired) electrons. The van der Waals surface area contributed by atoms with Gasteiger partial charge in [0.2, 0.25) is 5.91 Å². The van der Waals surface area contributed by atoms with E-state index in [-0.39, 0.29) is 23.8 Å². The van der Waals surface area contributed by atoms with E-state index in [0.29, 0.717) is 12.5 Å². The van der Waals surface area contributed by atoms with Crippen molar-refractivity contribution in [3.63, 3.8) is 0 Å². The fourth-order valence-electron chi connectivity index (χ4n) is 3.79. The second kappa shape index (κ2) is 8.61. The Kier molecular flexibility index (Phi) is 6.79. The SMILES string of the molecule is CC(C)N(C(=O)CN1CCC(Cc2cccc(F)c2)CC1)C(C)C. The smallest absolute Gasteiger partial charge is 0.237 e. The normalized spacial score (nSPS) is 16.8. The Morgan fingerprint density at radius 3 is 2.38 bits per heavy atom. The Morgan fingerprint density at radius 2 is 1.83 bits per heavy atom. The highest BCUT2D eigenvalue weighted by Gasteiger charge is 2.25. The van der Waals surface area contributed by atoms with Crippen LogP contribution in [0.1, 0.15) is 46.1 Å². The molecule has 1 aliphatic rings. The van der Waals surface area contributed by atoms with Gasteiger partial charge in [-0.25, -0.2) is 4.39 Å². The molecule has 1 fully saturated rings. The molecule has 24 heavy (non-hydrogen) atoms. The Bertz CT molecular complexity index is 528. The van der Waals surface area contributed by atoms with Crippen LogP contribution in [0.25, 0.3) is 0 Å². The molecule has 4 heteroatoms. The zero-order valence-corrected chi connectivity index (χ0v) is 15.5. The Morgan fingerprint density at radius 1 is 1.21 bits per heavy atom. The van der Waals surface area contributed by atoms with E-state index >= 15 is 0 Å². The summed E-state index contributed by atoms with van der Waals surface area (Å²) in [7, 11) is 0. The molecule has 134 valence electrons. The molecule has 0 atom stereocenters. The number of halogens is 1. The first-order chi connectivity index (χ1) is 11.4. The fourth-order valence-corrected chi connectivity index (χ4v) is 3.79. The lowest BCUT2D eigenvalue weighted by Gasteiger charge is -2.36. The van der Waals surface area contributed by atoms with Crippen LogP contribution in [0.15, 0.2) is 24.3 Å². The van der Waals surface area contributed by atoms with Crippen LogP contribution in [-0.4, -0.2) is 47.4 Å². The van der Waals surface area contributed by atoms with Crippen molar-refractivity contribution in [3.05, 3.63) is 35.6 Å². The van der Waals surface area contributed by atoms with Gasteiger partial charge in [-0.05, 0) is 83.7 Å². The second-order valence-electron chi connectivity index (χ2n) is 7.54. The average molecular weight is 334 g/mol. The number of carbonyl (C=O) groups is 1. The van der Waals surface area contributed by atoms with Crippen LogP contribution in [0.5, 0.6) is 0 Å². The van der Waals surface area contributed by atoms with Crippen LogP contribution in [0.4, 0.5) is 4.39 Å². The van der Waals surface area contributed by atoms with Crippen molar-refractivity contribution < 1.29 is 9.18 Å². The van der Waals surface area contributed by atoms with Gasteiger partial charge in [0.1, 0.15) is 5.82 Å². The summed E-state index contributed by atoms with van der Waals surface area (Å²) >= 11 is 0. The maximum Gasteiger partial charge on any atom is 0.237 e. The van der Waals surface area contributed by atoms with E-state index in [1.54, 1.807) is 12.1 Å². The molecule has 0 bridgehead atoms. The van der Waals surface area contributed by atoms with Crippen LogP contribution in [0, 0.1) is 11.7 Å². The lowest BCUT2D eigenvalue weighted by molar-refractivity contribution is -0.136. The van der Waals surface area contributed by atoms with E-state index in [4.69, 9.17) is 0 Å². The number of likely N-dealkylation sites (tertiary alicyclic amines) is 1. The first-order valence-electron chi connectivity index (χ1n) is 9.14. The largest absolute Gasteiger partial charge is 0.337 e. The quantitative estimate of drug-likeness (QED) is 0.791. The molecule has 1 amide bonds. The molecule has 0 aliphatic carbocycles. The molecule has 0 aromatic heterocycles. The summed E-state index contributed by atoms with van der Waals surface area (Å²) in [6, 6.07) is 7.39. The predicted octanol–water partition coefficient (Wildman–Crippen LogP) is 3.73. The summed E-state index contributed by atoms with van der Waals surface area (Å²) in [5, 5.41) is 0. The van der Waals surface area contributed by atoms with Crippen LogP contribution in [-0.2, 0) is 11.2 Å². The van der Waals surface area contributed by atoms with Gasteiger partial charge in [0.25, 0.3) is 0 Å². The van der Waals surface area contributed by atoms with E-state index < -0.39 is 0 Å². The van der Waals surface area contributed by atoms with Crippen LogP contribution in [0.2, 0.25) is 0 Å². The van der Waals surface area contributed by atoms with Gasteiger partial charge >= 0.3 is 0 Å². The first-order valence-corrected chi connectivity index (χ1v) is 9.14. The molecule has 1 heterocycles. The molecule has 1 aromatic carbocycles. The van der Waals surface area contributed by atoms with Crippen LogP contribution in [0.3, 0.4) is 0 Å². The van der Waals surface area contributed by atoms with Crippen LogP contribution < -0.4 is 0 Å². The van der Waals surface area contributed by atoms with E-state index in [1.807, 2.05) is 11.0 Å². The topological polar surface area (TPSA) is 23.6 Å². The molecule has 0 spiro atoms. The number of benzene rings is 1. The fraction of sp³-hybridized carbons (Fsp3) is 0.650. The van der Waals surface area contributed by atoms with E-state index in [2.05, 4.69) is 32.6 Å². The highest BCUT2D eigenvalue weighted by atomic mass is 19.1. The Balaban J connectivity index is 1.81. The number of hydrogen-bond acceptors (Lipinski definition) is 2. The van der Waals surface area contributed by atoms with Gasteiger partial charge in [0.15, 0.2) is 0 Å². The zero-order valence-electron chi connectivity index (χ0n) is 15.5. The second-order valence-corrected chi connectivity index (χ2v) is 7.54. The molecule has 0 saturated carbocycles. The lowest BCUT2D eigenvalue weighted by Crippen LogP contribution is -2.48. The standard InChI is InChI=1S/C20H31FN2O/c1-15(2)23(16(3)4)20(24)14-22-10-8-17(9-11-22)12-18-6-5-7-19(21)13-18/h5-7,13,15-17H,8-12,14H2,1-4H3. The number of amides is 1. The van der Waals surface area contributed by atoms with E-state index in [0.717, 1.165) is 37.9 Å².